The number of hydrazone groups is 1. The zero-order valence-corrected chi connectivity index (χ0v) is 12.3. The first-order valence-electron chi connectivity index (χ1n) is 6.52. The molecule has 0 aliphatic carbocycles. The second-order valence-corrected chi connectivity index (χ2v) is 4.85. The number of carboxylic acid groups (broad SMARTS) is 1. The summed E-state index contributed by atoms with van der Waals surface area (Å²) in [5, 5.41) is 13.9. The van der Waals surface area contributed by atoms with E-state index in [0.29, 0.717) is 5.02 Å². The van der Waals surface area contributed by atoms with Crippen molar-refractivity contribution in [3.05, 3.63) is 64.7 Å². The molecule has 0 aliphatic rings. The molecule has 0 saturated heterocycles. The van der Waals surface area contributed by atoms with E-state index in [9.17, 15) is 4.79 Å². The molecule has 0 aromatic heterocycles. The molecule has 0 amide bonds. The quantitative estimate of drug-likeness (QED) is 0.640. The molecular weight excluding hydrogens is 288 g/mol. The normalized spacial score (nSPS) is 11.2. The molecule has 0 aliphatic heterocycles. The maximum Gasteiger partial charge on any atom is 0.335 e. The standard InChI is InChI=1S/C16H15ClN2O2/c1-2-15(12-4-3-5-13(17)10-12)19-18-14-8-6-11(7-9-14)16(20)21/h3-10,18H,2H2,1H3,(H,20,21)/b19-15+. The maximum absolute atomic E-state index is 10.8. The van der Waals surface area contributed by atoms with E-state index in [1.165, 1.54) is 12.1 Å². The average molecular weight is 303 g/mol. The summed E-state index contributed by atoms with van der Waals surface area (Å²) in [4.78, 5) is 10.8. The Balaban J connectivity index is 2.16. The summed E-state index contributed by atoms with van der Waals surface area (Å²) in [6.07, 6.45) is 0.751. The lowest BCUT2D eigenvalue weighted by atomic mass is 10.1. The van der Waals surface area contributed by atoms with Gasteiger partial charge in [0.05, 0.1) is 17.0 Å². The number of nitrogens with zero attached hydrogens (tertiary/aromatic N) is 1. The largest absolute Gasteiger partial charge is 0.478 e. The van der Waals surface area contributed by atoms with Gasteiger partial charge in [0.2, 0.25) is 0 Å². The fraction of sp³-hybridized carbons (Fsp3) is 0.125. The molecular formula is C16H15ClN2O2. The van der Waals surface area contributed by atoms with Crippen LogP contribution in [0.1, 0.15) is 29.3 Å². The first kappa shape index (κ1) is 15.1. The topological polar surface area (TPSA) is 61.7 Å². The zero-order chi connectivity index (χ0) is 15.2. The molecule has 0 spiro atoms. The Morgan fingerprint density at radius 1 is 1.19 bits per heavy atom. The molecule has 0 saturated carbocycles. The molecule has 2 rings (SSSR count). The summed E-state index contributed by atoms with van der Waals surface area (Å²) in [6.45, 7) is 2.01. The van der Waals surface area contributed by atoms with Crippen LogP contribution in [0.2, 0.25) is 5.02 Å². The smallest absolute Gasteiger partial charge is 0.335 e. The van der Waals surface area contributed by atoms with Crippen molar-refractivity contribution in [1.82, 2.24) is 0 Å². The predicted octanol–water partition coefficient (Wildman–Crippen LogP) is 4.26. The number of benzene rings is 2. The number of rotatable bonds is 5. The van der Waals surface area contributed by atoms with E-state index in [-0.39, 0.29) is 5.56 Å². The molecule has 2 N–H and O–H groups in total. The predicted molar refractivity (Wildman–Crippen MR) is 85.3 cm³/mol. The van der Waals surface area contributed by atoms with E-state index in [4.69, 9.17) is 16.7 Å². The molecule has 21 heavy (non-hydrogen) atoms. The molecule has 2 aromatic rings. The highest BCUT2D eigenvalue weighted by Crippen LogP contribution is 2.14. The van der Waals surface area contributed by atoms with Crippen LogP contribution in [0.4, 0.5) is 5.69 Å². The third kappa shape index (κ3) is 4.07. The van der Waals surface area contributed by atoms with Gasteiger partial charge in [-0.15, -0.1) is 0 Å². The first-order valence-corrected chi connectivity index (χ1v) is 6.90. The van der Waals surface area contributed by atoms with Gasteiger partial charge in [0.25, 0.3) is 0 Å². The van der Waals surface area contributed by atoms with Gasteiger partial charge in [0, 0.05) is 5.02 Å². The van der Waals surface area contributed by atoms with Gasteiger partial charge in [-0.2, -0.15) is 5.10 Å². The molecule has 0 bridgehead atoms. The minimum absolute atomic E-state index is 0.245. The summed E-state index contributed by atoms with van der Waals surface area (Å²) >= 11 is 5.98. The Bertz CT molecular complexity index is 666. The Kier molecular flexibility index (Phi) is 4.95. The van der Waals surface area contributed by atoms with Gasteiger partial charge in [-0.05, 0) is 48.4 Å². The minimum atomic E-state index is -0.946. The minimum Gasteiger partial charge on any atom is -0.478 e. The summed E-state index contributed by atoms with van der Waals surface area (Å²) in [5.41, 5.74) is 5.74. The highest BCUT2D eigenvalue weighted by Gasteiger charge is 2.03. The van der Waals surface area contributed by atoms with Gasteiger partial charge < -0.3 is 5.11 Å². The van der Waals surface area contributed by atoms with Crippen LogP contribution < -0.4 is 5.43 Å². The number of halogens is 1. The van der Waals surface area contributed by atoms with Gasteiger partial charge in [0.15, 0.2) is 0 Å². The van der Waals surface area contributed by atoms with Gasteiger partial charge in [0.1, 0.15) is 0 Å². The van der Waals surface area contributed by atoms with Crippen LogP contribution in [-0.2, 0) is 0 Å². The summed E-state index contributed by atoms with van der Waals surface area (Å²) < 4.78 is 0. The van der Waals surface area contributed by atoms with Crippen molar-refractivity contribution in [3.8, 4) is 0 Å². The van der Waals surface area contributed by atoms with Crippen molar-refractivity contribution < 1.29 is 9.90 Å². The monoisotopic (exact) mass is 302 g/mol. The van der Waals surface area contributed by atoms with Gasteiger partial charge in [-0.1, -0.05) is 30.7 Å². The lowest BCUT2D eigenvalue weighted by molar-refractivity contribution is 0.0697. The number of hydrogen-bond donors (Lipinski definition) is 2. The average Bonchev–Trinajstić information content (AvgIpc) is 2.48. The van der Waals surface area contributed by atoms with Gasteiger partial charge in [-0.25, -0.2) is 4.79 Å². The Hall–Kier alpha value is -2.33. The van der Waals surface area contributed by atoms with Crippen LogP contribution in [0, 0.1) is 0 Å². The SMILES string of the molecule is CC/C(=N\Nc1ccc(C(=O)O)cc1)c1cccc(Cl)c1. The summed E-state index contributed by atoms with van der Waals surface area (Å²) in [6, 6.07) is 13.9. The van der Waals surface area contributed by atoms with Crippen molar-refractivity contribution in [2.45, 2.75) is 13.3 Å². The highest BCUT2D eigenvalue weighted by atomic mass is 35.5. The molecule has 0 unspecified atom stereocenters. The number of carbonyl (C=O) groups is 1. The van der Waals surface area contributed by atoms with E-state index in [0.717, 1.165) is 23.4 Å². The molecule has 0 atom stereocenters. The first-order chi connectivity index (χ1) is 10.1. The van der Waals surface area contributed by atoms with Gasteiger partial charge >= 0.3 is 5.97 Å². The van der Waals surface area contributed by atoms with Crippen LogP contribution >= 0.6 is 11.6 Å². The molecule has 4 nitrogen and oxygen atoms in total. The Labute approximate surface area is 128 Å². The third-order valence-electron chi connectivity index (χ3n) is 2.94. The molecule has 2 aromatic carbocycles. The highest BCUT2D eigenvalue weighted by molar-refractivity contribution is 6.31. The molecule has 0 fully saturated rings. The van der Waals surface area contributed by atoms with Crippen LogP contribution in [0.15, 0.2) is 53.6 Å². The van der Waals surface area contributed by atoms with Gasteiger partial charge in [-0.3, -0.25) is 5.43 Å². The van der Waals surface area contributed by atoms with Crippen molar-refractivity contribution >= 4 is 29.0 Å². The van der Waals surface area contributed by atoms with Crippen LogP contribution in [0.3, 0.4) is 0 Å². The number of anilines is 1. The lowest BCUT2D eigenvalue weighted by Crippen LogP contribution is -2.03. The van der Waals surface area contributed by atoms with Crippen molar-refractivity contribution in [3.63, 3.8) is 0 Å². The van der Waals surface area contributed by atoms with E-state index < -0.39 is 5.97 Å². The zero-order valence-electron chi connectivity index (χ0n) is 11.5. The third-order valence-corrected chi connectivity index (χ3v) is 3.18. The lowest BCUT2D eigenvalue weighted by Gasteiger charge is -2.06. The van der Waals surface area contributed by atoms with E-state index >= 15 is 0 Å². The van der Waals surface area contributed by atoms with E-state index in [2.05, 4.69) is 10.5 Å². The molecule has 0 heterocycles. The van der Waals surface area contributed by atoms with E-state index in [1.54, 1.807) is 12.1 Å². The van der Waals surface area contributed by atoms with Crippen LogP contribution in [0.25, 0.3) is 0 Å². The summed E-state index contributed by atoms with van der Waals surface area (Å²) in [7, 11) is 0. The van der Waals surface area contributed by atoms with Crippen molar-refractivity contribution in [1.29, 1.82) is 0 Å². The second kappa shape index (κ2) is 6.90. The fourth-order valence-corrected chi connectivity index (χ4v) is 2.03. The van der Waals surface area contributed by atoms with Crippen molar-refractivity contribution in [2.24, 2.45) is 5.10 Å². The Morgan fingerprint density at radius 2 is 1.90 bits per heavy atom. The fourth-order valence-electron chi connectivity index (χ4n) is 1.84. The number of hydrogen-bond acceptors (Lipinski definition) is 3. The van der Waals surface area contributed by atoms with Crippen LogP contribution in [0.5, 0.6) is 0 Å². The van der Waals surface area contributed by atoms with E-state index in [1.807, 2.05) is 31.2 Å². The molecule has 0 radical (unpaired) electrons. The molecule has 5 heteroatoms. The second-order valence-electron chi connectivity index (χ2n) is 4.42. The van der Waals surface area contributed by atoms with Crippen LogP contribution in [-0.4, -0.2) is 16.8 Å². The number of aromatic carboxylic acids is 1. The summed E-state index contributed by atoms with van der Waals surface area (Å²) in [5.74, 6) is -0.946. The maximum atomic E-state index is 10.8. The van der Waals surface area contributed by atoms with Crippen molar-refractivity contribution in [2.75, 3.05) is 5.43 Å². The molecule has 108 valence electrons. The number of nitrogens with one attached hydrogen (secondary N) is 1. The number of carboxylic acids is 1. The Morgan fingerprint density at radius 3 is 2.48 bits per heavy atom.